The molecule has 1 heterocycles. The first-order chi connectivity index (χ1) is 4.88. The number of nitrogens with zero attached hydrogens (tertiary/aromatic N) is 1. The van der Waals surface area contributed by atoms with Gasteiger partial charge in [-0.1, -0.05) is 6.92 Å². The summed E-state index contributed by atoms with van der Waals surface area (Å²) in [6.45, 7) is 5.94. The van der Waals surface area contributed by atoms with Crippen LogP contribution in [0.15, 0.2) is 0 Å². The maximum atomic E-state index is 5.73. The number of morpholine rings is 1. The van der Waals surface area contributed by atoms with Gasteiger partial charge < -0.3 is 4.74 Å². The van der Waals surface area contributed by atoms with Crippen LogP contribution in [0.3, 0.4) is 0 Å². The van der Waals surface area contributed by atoms with Crippen molar-refractivity contribution in [2.45, 2.75) is 13.0 Å². The minimum atomic E-state index is 0.445. The van der Waals surface area contributed by atoms with Gasteiger partial charge in [0, 0.05) is 18.5 Å². The highest BCUT2D eigenvalue weighted by Gasteiger charge is 2.19. The zero-order valence-corrected chi connectivity index (χ0v) is 7.10. The molecule has 1 fully saturated rings. The van der Waals surface area contributed by atoms with E-state index in [2.05, 4.69) is 11.8 Å². The molecule has 0 radical (unpaired) electrons. The van der Waals surface area contributed by atoms with Crippen LogP contribution in [0.1, 0.15) is 6.92 Å². The number of rotatable bonds is 2. The van der Waals surface area contributed by atoms with E-state index in [1.807, 2.05) is 0 Å². The van der Waals surface area contributed by atoms with E-state index in [-0.39, 0.29) is 0 Å². The highest BCUT2D eigenvalue weighted by atomic mass is 35.5. The Morgan fingerprint density at radius 3 is 3.00 bits per heavy atom. The molecule has 1 rings (SSSR count). The lowest BCUT2D eigenvalue weighted by Crippen LogP contribution is -2.46. The van der Waals surface area contributed by atoms with Crippen molar-refractivity contribution < 1.29 is 4.74 Å². The van der Waals surface area contributed by atoms with Crippen LogP contribution >= 0.6 is 11.6 Å². The first-order valence-electron chi connectivity index (χ1n) is 3.76. The molecule has 10 heavy (non-hydrogen) atoms. The van der Waals surface area contributed by atoms with Gasteiger partial charge in [-0.25, -0.2) is 0 Å². The summed E-state index contributed by atoms with van der Waals surface area (Å²) in [5, 5.41) is 0. The van der Waals surface area contributed by atoms with E-state index in [1.165, 1.54) is 0 Å². The van der Waals surface area contributed by atoms with Crippen molar-refractivity contribution in [2.75, 3.05) is 32.2 Å². The molecule has 0 amide bonds. The van der Waals surface area contributed by atoms with E-state index >= 15 is 0 Å². The van der Waals surface area contributed by atoms with Gasteiger partial charge in [-0.05, 0) is 6.54 Å². The van der Waals surface area contributed by atoms with Crippen LogP contribution in [-0.4, -0.2) is 43.1 Å². The molecule has 0 spiro atoms. The standard InChI is InChI=1S/C7H14ClNO/c1-2-9-3-4-10-6-7(9)5-8/h7H,2-6H2,1H3. The molecular formula is C7H14ClNO. The van der Waals surface area contributed by atoms with Crippen molar-refractivity contribution in [3.05, 3.63) is 0 Å². The minimum Gasteiger partial charge on any atom is -0.378 e. The molecule has 0 aromatic heterocycles. The van der Waals surface area contributed by atoms with Crippen LogP contribution in [0.4, 0.5) is 0 Å². The number of alkyl halides is 1. The second-order valence-electron chi connectivity index (χ2n) is 2.51. The molecule has 1 aliphatic heterocycles. The molecule has 0 aliphatic carbocycles. The second-order valence-corrected chi connectivity index (χ2v) is 2.82. The van der Waals surface area contributed by atoms with Gasteiger partial charge in [-0.2, -0.15) is 0 Å². The van der Waals surface area contributed by atoms with E-state index in [0.717, 1.165) is 26.3 Å². The smallest absolute Gasteiger partial charge is 0.0634 e. The second kappa shape index (κ2) is 4.16. The number of ether oxygens (including phenoxy) is 1. The predicted octanol–water partition coefficient (Wildman–Crippen LogP) is 0.946. The number of hydrogen-bond donors (Lipinski definition) is 0. The summed E-state index contributed by atoms with van der Waals surface area (Å²) >= 11 is 5.73. The lowest BCUT2D eigenvalue weighted by molar-refractivity contribution is 0.00376. The van der Waals surface area contributed by atoms with Gasteiger partial charge in [-0.15, -0.1) is 11.6 Å². The summed E-state index contributed by atoms with van der Waals surface area (Å²) in [5.74, 6) is 0.688. The molecule has 1 unspecified atom stereocenters. The third kappa shape index (κ3) is 1.84. The van der Waals surface area contributed by atoms with Crippen molar-refractivity contribution in [3.8, 4) is 0 Å². The van der Waals surface area contributed by atoms with E-state index < -0.39 is 0 Å². The Bertz CT molecular complexity index is 87.6. The molecule has 0 aromatic rings. The largest absolute Gasteiger partial charge is 0.378 e. The lowest BCUT2D eigenvalue weighted by Gasteiger charge is -2.33. The first kappa shape index (κ1) is 8.31. The summed E-state index contributed by atoms with van der Waals surface area (Å²) in [4.78, 5) is 2.36. The molecule has 1 atom stereocenters. The fraction of sp³-hybridized carbons (Fsp3) is 1.00. The van der Waals surface area contributed by atoms with Gasteiger partial charge in [0.05, 0.1) is 13.2 Å². The van der Waals surface area contributed by atoms with E-state index in [0.29, 0.717) is 11.9 Å². The van der Waals surface area contributed by atoms with Crippen LogP contribution < -0.4 is 0 Å². The molecule has 0 bridgehead atoms. The molecule has 3 heteroatoms. The molecule has 1 saturated heterocycles. The van der Waals surface area contributed by atoms with Crippen molar-refractivity contribution >= 4 is 11.6 Å². The number of hydrogen-bond acceptors (Lipinski definition) is 2. The Morgan fingerprint density at radius 1 is 1.70 bits per heavy atom. The summed E-state index contributed by atoms with van der Waals surface area (Å²) in [6, 6.07) is 0.445. The highest BCUT2D eigenvalue weighted by Crippen LogP contribution is 2.06. The molecular weight excluding hydrogens is 150 g/mol. The average Bonchev–Trinajstić information content (AvgIpc) is 2.04. The van der Waals surface area contributed by atoms with Gasteiger partial charge in [0.15, 0.2) is 0 Å². The quantitative estimate of drug-likeness (QED) is 0.562. The fourth-order valence-electron chi connectivity index (χ4n) is 1.25. The summed E-state index contributed by atoms with van der Waals surface area (Å²) in [6.07, 6.45) is 0. The highest BCUT2D eigenvalue weighted by molar-refractivity contribution is 6.18. The van der Waals surface area contributed by atoms with Crippen molar-refractivity contribution in [1.29, 1.82) is 0 Å². The van der Waals surface area contributed by atoms with Crippen LogP contribution in [0.2, 0.25) is 0 Å². The summed E-state index contributed by atoms with van der Waals surface area (Å²) in [7, 11) is 0. The number of likely N-dealkylation sites (N-methyl/N-ethyl adjacent to an activating group) is 1. The average molecular weight is 164 g/mol. The molecule has 1 aliphatic rings. The molecule has 2 nitrogen and oxygen atoms in total. The fourth-order valence-corrected chi connectivity index (χ4v) is 1.53. The zero-order chi connectivity index (χ0) is 7.40. The topological polar surface area (TPSA) is 12.5 Å². The summed E-state index contributed by atoms with van der Waals surface area (Å²) < 4.78 is 5.28. The Kier molecular flexibility index (Phi) is 3.46. The van der Waals surface area contributed by atoms with E-state index in [9.17, 15) is 0 Å². The Hall–Kier alpha value is 0.210. The molecule has 0 N–H and O–H groups in total. The van der Waals surface area contributed by atoms with Crippen LogP contribution in [0.25, 0.3) is 0 Å². The van der Waals surface area contributed by atoms with Crippen LogP contribution in [-0.2, 0) is 4.74 Å². The van der Waals surface area contributed by atoms with Crippen LogP contribution in [0.5, 0.6) is 0 Å². The predicted molar refractivity (Wildman–Crippen MR) is 42.6 cm³/mol. The maximum absolute atomic E-state index is 5.73. The Labute approximate surface area is 67.1 Å². The maximum Gasteiger partial charge on any atom is 0.0634 e. The third-order valence-electron chi connectivity index (χ3n) is 1.93. The molecule has 0 saturated carbocycles. The third-order valence-corrected chi connectivity index (χ3v) is 2.29. The van der Waals surface area contributed by atoms with Gasteiger partial charge in [0.1, 0.15) is 0 Å². The Morgan fingerprint density at radius 2 is 2.50 bits per heavy atom. The summed E-state index contributed by atoms with van der Waals surface area (Å²) in [5.41, 5.74) is 0. The first-order valence-corrected chi connectivity index (χ1v) is 4.29. The van der Waals surface area contributed by atoms with Gasteiger partial charge in [0.2, 0.25) is 0 Å². The zero-order valence-electron chi connectivity index (χ0n) is 6.35. The Balaban J connectivity index is 2.34. The van der Waals surface area contributed by atoms with Gasteiger partial charge in [-0.3, -0.25) is 4.90 Å². The van der Waals surface area contributed by atoms with Crippen LogP contribution in [0, 0.1) is 0 Å². The minimum absolute atomic E-state index is 0.445. The lowest BCUT2D eigenvalue weighted by atomic mass is 10.2. The van der Waals surface area contributed by atoms with Gasteiger partial charge >= 0.3 is 0 Å². The van der Waals surface area contributed by atoms with E-state index in [4.69, 9.17) is 16.3 Å². The molecule has 60 valence electrons. The van der Waals surface area contributed by atoms with E-state index in [1.54, 1.807) is 0 Å². The van der Waals surface area contributed by atoms with Gasteiger partial charge in [0.25, 0.3) is 0 Å². The van der Waals surface area contributed by atoms with Crippen molar-refractivity contribution in [2.24, 2.45) is 0 Å². The van der Waals surface area contributed by atoms with Crippen molar-refractivity contribution in [1.82, 2.24) is 4.90 Å². The SMILES string of the molecule is CCN1CCOCC1CCl. The normalized spacial score (nSPS) is 28.8. The van der Waals surface area contributed by atoms with Crippen molar-refractivity contribution in [3.63, 3.8) is 0 Å². The number of halogens is 1. The molecule has 0 aromatic carbocycles. The monoisotopic (exact) mass is 163 g/mol.